The second-order valence-electron chi connectivity index (χ2n) is 6.83. The summed E-state index contributed by atoms with van der Waals surface area (Å²) < 4.78 is 11.6. The monoisotopic (exact) mass is 343 g/mol. The van der Waals surface area contributed by atoms with Crippen LogP contribution in [0.5, 0.6) is 5.75 Å². The van der Waals surface area contributed by atoms with Gasteiger partial charge in [0.05, 0.1) is 6.61 Å². The third-order valence-corrected chi connectivity index (χ3v) is 4.32. The van der Waals surface area contributed by atoms with Gasteiger partial charge in [-0.3, -0.25) is 4.79 Å². The summed E-state index contributed by atoms with van der Waals surface area (Å²) in [6, 6.07) is 11.8. The summed E-state index contributed by atoms with van der Waals surface area (Å²) in [5.41, 5.74) is -0.0558. The molecule has 1 amide bonds. The molecule has 0 bridgehead atoms. The lowest BCUT2D eigenvalue weighted by atomic mass is 10.0. The molecule has 4 nitrogen and oxygen atoms in total. The van der Waals surface area contributed by atoms with Crippen LogP contribution in [0.4, 0.5) is 5.69 Å². The predicted octanol–water partition coefficient (Wildman–Crippen LogP) is 5.02. The number of rotatable bonds is 8. The molecule has 0 aliphatic rings. The first-order chi connectivity index (χ1) is 11.9. The minimum atomic E-state index is -0.831. The molecular formula is C21H29NO3. The number of carbonyl (C=O) groups excluding carboxylic acids is 1. The highest BCUT2D eigenvalue weighted by molar-refractivity contribution is 6.06. The van der Waals surface area contributed by atoms with Crippen LogP contribution in [0.2, 0.25) is 0 Å². The Bertz CT molecular complexity index is 726. The molecule has 4 heteroatoms. The Labute approximate surface area is 150 Å². The highest BCUT2D eigenvalue weighted by atomic mass is 16.5. The zero-order valence-corrected chi connectivity index (χ0v) is 15.9. The SMILES string of the molecule is CCO[C@@](C)(CC)C(=O)Nc1ccc(OCC(C)C)c2ccccc12. The highest BCUT2D eigenvalue weighted by Crippen LogP contribution is 2.32. The summed E-state index contributed by atoms with van der Waals surface area (Å²) in [7, 11) is 0. The number of carbonyl (C=O) groups is 1. The maximum absolute atomic E-state index is 12.7. The topological polar surface area (TPSA) is 47.6 Å². The number of nitrogens with one attached hydrogen (secondary N) is 1. The number of ether oxygens (including phenoxy) is 2. The van der Waals surface area contributed by atoms with Crippen LogP contribution in [0, 0.1) is 5.92 Å². The van der Waals surface area contributed by atoms with Crippen molar-refractivity contribution in [2.45, 2.75) is 46.6 Å². The van der Waals surface area contributed by atoms with E-state index in [-0.39, 0.29) is 5.91 Å². The van der Waals surface area contributed by atoms with Gasteiger partial charge in [0.1, 0.15) is 11.4 Å². The molecule has 2 aromatic carbocycles. The fourth-order valence-corrected chi connectivity index (χ4v) is 2.66. The van der Waals surface area contributed by atoms with Gasteiger partial charge in [0.15, 0.2) is 0 Å². The zero-order chi connectivity index (χ0) is 18.4. The van der Waals surface area contributed by atoms with E-state index in [9.17, 15) is 4.79 Å². The van der Waals surface area contributed by atoms with Gasteiger partial charge < -0.3 is 14.8 Å². The predicted molar refractivity (Wildman–Crippen MR) is 103 cm³/mol. The number of anilines is 1. The first-order valence-corrected chi connectivity index (χ1v) is 9.01. The average molecular weight is 343 g/mol. The summed E-state index contributed by atoms with van der Waals surface area (Å²) in [5.74, 6) is 1.16. The van der Waals surface area contributed by atoms with Crippen LogP contribution >= 0.6 is 0 Å². The third-order valence-electron chi connectivity index (χ3n) is 4.32. The standard InChI is InChI=1S/C21H29NO3/c1-6-21(5,25-7-2)20(23)22-18-12-13-19(24-14-15(3)4)17-11-9-8-10-16(17)18/h8-13,15H,6-7,14H2,1-5H3,(H,22,23)/t21-/m0/s1. The highest BCUT2D eigenvalue weighted by Gasteiger charge is 2.32. The van der Waals surface area contributed by atoms with Crippen molar-refractivity contribution in [1.29, 1.82) is 0 Å². The van der Waals surface area contributed by atoms with Gasteiger partial charge in [0, 0.05) is 23.1 Å². The summed E-state index contributed by atoms with van der Waals surface area (Å²) >= 11 is 0. The smallest absolute Gasteiger partial charge is 0.256 e. The van der Waals surface area contributed by atoms with Gasteiger partial charge in [-0.25, -0.2) is 0 Å². The van der Waals surface area contributed by atoms with E-state index in [1.165, 1.54) is 0 Å². The molecule has 0 radical (unpaired) electrons. The Balaban J connectivity index is 2.33. The van der Waals surface area contributed by atoms with Crippen LogP contribution in [0.25, 0.3) is 10.8 Å². The Kier molecular flexibility index (Phi) is 6.43. The maximum atomic E-state index is 12.7. The second-order valence-corrected chi connectivity index (χ2v) is 6.83. The van der Waals surface area contributed by atoms with Crippen LogP contribution in [-0.4, -0.2) is 24.7 Å². The van der Waals surface area contributed by atoms with Crippen LogP contribution in [-0.2, 0) is 9.53 Å². The minimum absolute atomic E-state index is 0.127. The summed E-state index contributed by atoms with van der Waals surface area (Å²) in [6.45, 7) is 11.1. The Hall–Kier alpha value is -2.07. The van der Waals surface area contributed by atoms with Gasteiger partial charge >= 0.3 is 0 Å². The number of hydrogen-bond donors (Lipinski definition) is 1. The lowest BCUT2D eigenvalue weighted by molar-refractivity contribution is -0.139. The van der Waals surface area contributed by atoms with Gasteiger partial charge in [0.25, 0.3) is 5.91 Å². The van der Waals surface area contributed by atoms with Crippen molar-refractivity contribution in [2.75, 3.05) is 18.5 Å². The van der Waals surface area contributed by atoms with Crippen molar-refractivity contribution < 1.29 is 14.3 Å². The molecule has 0 aliphatic heterocycles. The minimum Gasteiger partial charge on any atom is -0.493 e. The zero-order valence-electron chi connectivity index (χ0n) is 15.9. The molecule has 136 valence electrons. The molecule has 0 spiro atoms. The molecule has 25 heavy (non-hydrogen) atoms. The average Bonchev–Trinajstić information content (AvgIpc) is 2.60. The summed E-state index contributed by atoms with van der Waals surface area (Å²) in [6.07, 6.45) is 0.611. The molecule has 1 N–H and O–H groups in total. The van der Waals surface area contributed by atoms with Crippen molar-refractivity contribution in [3.05, 3.63) is 36.4 Å². The fourth-order valence-electron chi connectivity index (χ4n) is 2.66. The second kappa shape index (κ2) is 8.34. The number of hydrogen-bond acceptors (Lipinski definition) is 3. The molecule has 2 aromatic rings. The molecular weight excluding hydrogens is 314 g/mol. The van der Waals surface area contributed by atoms with Gasteiger partial charge in [-0.15, -0.1) is 0 Å². The molecule has 0 unspecified atom stereocenters. The molecule has 0 saturated heterocycles. The Morgan fingerprint density at radius 3 is 2.40 bits per heavy atom. The first kappa shape index (κ1) is 19.3. The normalized spacial score (nSPS) is 13.7. The lowest BCUT2D eigenvalue weighted by Gasteiger charge is -2.27. The van der Waals surface area contributed by atoms with Crippen LogP contribution in [0.3, 0.4) is 0 Å². The summed E-state index contributed by atoms with van der Waals surface area (Å²) in [5, 5.41) is 4.99. The molecule has 2 rings (SSSR count). The van der Waals surface area contributed by atoms with E-state index < -0.39 is 5.60 Å². The van der Waals surface area contributed by atoms with Crippen molar-refractivity contribution >= 4 is 22.4 Å². The number of benzene rings is 2. The fraction of sp³-hybridized carbons (Fsp3) is 0.476. The molecule has 0 fully saturated rings. The van der Waals surface area contributed by atoms with Crippen molar-refractivity contribution in [3.63, 3.8) is 0 Å². The molecule has 0 aliphatic carbocycles. The third kappa shape index (κ3) is 4.51. The van der Waals surface area contributed by atoms with Crippen molar-refractivity contribution in [1.82, 2.24) is 0 Å². The van der Waals surface area contributed by atoms with E-state index in [0.29, 0.717) is 25.6 Å². The number of fused-ring (bicyclic) bond motifs is 1. The van der Waals surface area contributed by atoms with Crippen LogP contribution in [0.1, 0.15) is 41.0 Å². The van der Waals surface area contributed by atoms with Gasteiger partial charge in [-0.1, -0.05) is 45.0 Å². The van der Waals surface area contributed by atoms with Crippen molar-refractivity contribution in [2.24, 2.45) is 5.92 Å². The molecule has 0 saturated carbocycles. The van der Waals surface area contributed by atoms with Gasteiger partial charge in [-0.05, 0) is 38.3 Å². The van der Waals surface area contributed by atoms with Gasteiger partial charge in [0.2, 0.25) is 0 Å². The lowest BCUT2D eigenvalue weighted by Crippen LogP contribution is -2.42. The summed E-state index contributed by atoms with van der Waals surface area (Å²) in [4.78, 5) is 12.7. The van der Waals surface area contributed by atoms with Crippen molar-refractivity contribution in [3.8, 4) is 5.75 Å². The molecule has 0 aromatic heterocycles. The quantitative estimate of drug-likeness (QED) is 0.732. The van der Waals surface area contributed by atoms with Crippen LogP contribution in [0.15, 0.2) is 36.4 Å². The van der Waals surface area contributed by atoms with Crippen LogP contribution < -0.4 is 10.1 Å². The van der Waals surface area contributed by atoms with E-state index in [0.717, 1.165) is 22.2 Å². The van der Waals surface area contributed by atoms with Gasteiger partial charge in [-0.2, -0.15) is 0 Å². The first-order valence-electron chi connectivity index (χ1n) is 9.01. The Morgan fingerprint density at radius 2 is 1.80 bits per heavy atom. The van der Waals surface area contributed by atoms with E-state index in [1.807, 2.05) is 57.2 Å². The van der Waals surface area contributed by atoms with E-state index >= 15 is 0 Å². The maximum Gasteiger partial charge on any atom is 0.256 e. The van der Waals surface area contributed by atoms with E-state index in [2.05, 4.69) is 19.2 Å². The van der Waals surface area contributed by atoms with E-state index in [4.69, 9.17) is 9.47 Å². The molecule has 0 heterocycles. The van der Waals surface area contributed by atoms with E-state index in [1.54, 1.807) is 0 Å². The Morgan fingerprint density at radius 1 is 1.12 bits per heavy atom. The number of amides is 1. The largest absolute Gasteiger partial charge is 0.493 e. The molecule has 1 atom stereocenters.